The molecule has 4 aromatic rings. The second-order valence-electron chi connectivity index (χ2n) is 11.5. The molecule has 2 atom stereocenters. The Bertz CT molecular complexity index is 1680. The normalized spacial score (nSPS) is 16.8. The third-order valence-electron chi connectivity index (χ3n) is 7.66. The number of nitrogens with one attached hydrogen (secondary N) is 2. The zero-order valence-electron chi connectivity index (χ0n) is 26.5. The van der Waals surface area contributed by atoms with E-state index in [4.69, 9.17) is 20.9 Å². The van der Waals surface area contributed by atoms with E-state index in [1.807, 2.05) is 42.5 Å². The van der Waals surface area contributed by atoms with E-state index < -0.39 is 6.36 Å². The molecule has 0 amide bonds. The summed E-state index contributed by atoms with van der Waals surface area (Å²) in [5, 5.41) is 6.55. The predicted octanol–water partition coefficient (Wildman–Crippen LogP) is 7.36. The highest BCUT2D eigenvalue weighted by atomic mass is 19.4. The molecule has 0 fully saturated rings. The first-order valence-corrected chi connectivity index (χ1v) is 15.6. The maximum atomic E-state index is 12.3. The minimum Gasteiger partial charge on any atom is -0.463 e. The molecule has 48 heavy (non-hydrogen) atoms. The fourth-order valence-electron chi connectivity index (χ4n) is 5.17. The third kappa shape index (κ3) is 10.9. The molecule has 2 heterocycles. The van der Waals surface area contributed by atoms with Gasteiger partial charge in [-0.05, 0) is 104 Å². The summed E-state index contributed by atoms with van der Waals surface area (Å²) in [6.07, 6.45) is -1.04. The molecule has 0 unspecified atom stereocenters. The van der Waals surface area contributed by atoms with Gasteiger partial charge in [-0.25, -0.2) is 9.98 Å². The molecule has 6 N–H and O–H groups in total. The quantitative estimate of drug-likeness (QED) is 0.132. The van der Waals surface area contributed by atoms with E-state index in [-0.39, 0.29) is 23.9 Å². The summed E-state index contributed by atoms with van der Waals surface area (Å²) >= 11 is 0. The molecule has 252 valence electrons. The van der Waals surface area contributed by atoms with E-state index in [1.54, 1.807) is 19.1 Å². The molecule has 0 saturated carbocycles. The smallest absolute Gasteiger partial charge is 0.463 e. The van der Waals surface area contributed by atoms with Gasteiger partial charge in [-0.3, -0.25) is 0 Å². The van der Waals surface area contributed by atoms with Crippen molar-refractivity contribution < 1.29 is 27.4 Å². The molecule has 0 aromatic heterocycles. The van der Waals surface area contributed by atoms with Crippen LogP contribution in [0.4, 0.5) is 35.9 Å². The lowest BCUT2D eigenvalue weighted by Gasteiger charge is -2.13. The molecule has 4 aromatic carbocycles. The lowest BCUT2D eigenvalue weighted by Crippen LogP contribution is -2.17. The van der Waals surface area contributed by atoms with E-state index in [9.17, 15) is 13.2 Å². The first-order valence-electron chi connectivity index (χ1n) is 15.6. The van der Waals surface area contributed by atoms with Crippen LogP contribution in [-0.4, -0.2) is 43.7 Å². The predicted molar refractivity (Wildman–Crippen MR) is 183 cm³/mol. The van der Waals surface area contributed by atoms with Crippen LogP contribution in [0.1, 0.15) is 29.5 Å². The van der Waals surface area contributed by atoms with Crippen molar-refractivity contribution >= 4 is 34.8 Å². The van der Waals surface area contributed by atoms with Crippen LogP contribution in [0.5, 0.6) is 5.75 Å². The van der Waals surface area contributed by atoms with Crippen molar-refractivity contribution in [3.05, 3.63) is 114 Å². The van der Waals surface area contributed by atoms with Gasteiger partial charge in [0, 0.05) is 22.7 Å². The van der Waals surface area contributed by atoms with Crippen LogP contribution in [0.3, 0.4) is 0 Å². The number of rotatable bonds is 11. The second-order valence-corrected chi connectivity index (χ2v) is 11.5. The Balaban J connectivity index is 0.000000194. The minimum absolute atomic E-state index is 0.100. The summed E-state index contributed by atoms with van der Waals surface area (Å²) < 4.78 is 51.3. The average molecular weight is 661 g/mol. The summed E-state index contributed by atoms with van der Waals surface area (Å²) in [5.41, 5.74) is 17.6. The first-order chi connectivity index (χ1) is 23.1. The maximum Gasteiger partial charge on any atom is 0.573 e. The molecular weight excluding hydrogens is 621 g/mol. The highest BCUT2D eigenvalue weighted by Gasteiger charge is 2.31. The van der Waals surface area contributed by atoms with Crippen molar-refractivity contribution in [2.45, 2.75) is 51.1 Å². The lowest BCUT2D eigenvalue weighted by molar-refractivity contribution is -0.274. The van der Waals surface area contributed by atoms with Gasteiger partial charge in [0.2, 0.25) is 0 Å². The molecule has 0 radical (unpaired) electrons. The number of aliphatic imine (C=N–C) groups is 2. The number of hydrogen-bond donors (Lipinski definition) is 4. The number of amidine groups is 2. The molecule has 9 nitrogen and oxygen atoms in total. The van der Waals surface area contributed by atoms with Gasteiger partial charge < -0.3 is 36.3 Å². The number of aryl methyl sites for hydroxylation is 3. The standard InChI is InChI=1S/C19H20F3N3O2.C17H19N3O/c1-12-10-15(8-9-17(12)27-19(20,21)22)24-14-5-2-13(3-6-14)4-7-16-11-26-18(23)25-16;18-17-20-16(12-21-17)11-8-13-6-9-15(10-7-13)19-14-4-2-1-3-5-14/h2-3,5-6,8-10,16,24H,4,7,11H2,1H3,(H2,23,25);1-7,9-10,16,19H,8,11-12H2,(H2,18,20)/t2*16-/m00/s1. The molecule has 0 aliphatic carbocycles. The van der Waals surface area contributed by atoms with Crippen LogP contribution in [0.2, 0.25) is 0 Å². The summed E-state index contributed by atoms with van der Waals surface area (Å²) in [6.45, 7) is 2.70. The van der Waals surface area contributed by atoms with E-state index in [0.29, 0.717) is 30.5 Å². The summed E-state index contributed by atoms with van der Waals surface area (Å²) in [6, 6.07) is 31.8. The van der Waals surface area contributed by atoms with E-state index >= 15 is 0 Å². The largest absolute Gasteiger partial charge is 0.573 e. The zero-order chi connectivity index (χ0) is 33.9. The third-order valence-corrected chi connectivity index (χ3v) is 7.66. The highest BCUT2D eigenvalue weighted by molar-refractivity contribution is 5.73. The summed E-state index contributed by atoms with van der Waals surface area (Å²) in [5.74, 6) is -0.206. The minimum atomic E-state index is -4.70. The van der Waals surface area contributed by atoms with E-state index in [0.717, 1.165) is 48.3 Å². The fourth-order valence-corrected chi connectivity index (χ4v) is 5.17. The van der Waals surface area contributed by atoms with E-state index in [2.05, 4.69) is 61.8 Å². The summed E-state index contributed by atoms with van der Waals surface area (Å²) in [7, 11) is 0. The number of nitrogens with two attached hydrogens (primary N) is 2. The molecule has 0 spiro atoms. The fraction of sp³-hybridized carbons (Fsp3) is 0.278. The number of nitrogens with zero attached hydrogens (tertiary/aromatic N) is 2. The summed E-state index contributed by atoms with van der Waals surface area (Å²) in [4.78, 5) is 8.43. The Morgan fingerprint density at radius 1 is 0.688 bits per heavy atom. The van der Waals surface area contributed by atoms with Crippen molar-refractivity contribution in [2.24, 2.45) is 21.5 Å². The molecule has 2 aliphatic rings. The van der Waals surface area contributed by atoms with Crippen LogP contribution in [-0.2, 0) is 22.3 Å². The van der Waals surface area contributed by atoms with Crippen LogP contribution < -0.4 is 26.8 Å². The molecule has 0 saturated heterocycles. The Morgan fingerprint density at radius 2 is 1.15 bits per heavy atom. The van der Waals surface area contributed by atoms with Gasteiger partial charge in [0.25, 0.3) is 12.0 Å². The van der Waals surface area contributed by atoms with Crippen molar-refractivity contribution in [1.82, 2.24) is 0 Å². The molecule has 6 rings (SSSR count). The number of anilines is 4. The second kappa shape index (κ2) is 15.9. The maximum absolute atomic E-state index is 12.3. The Hall–Kier alpha value is -5.39. The first kappa shape index (κ1) is 34.0. The average Bonchev–Trinajstić information content (AvgIpc) is 3.69. The van der Waals surface area contributed by atoms with Crippen molar-refractivity contribution in [3.8, 4) is 5.75 Å². The molecule has 0 bridgehead atoms. The van der Waals surface area contributed by atoms with Gasteiger partial charge >= 0.3 is 6.36 Å². The van der Waals surface area contributed by atoms with E-state index in [1.165, 1.54) is 11.6 Å². The van der Waals surface area contributed by atoms with Crippen molar-refractivity contribution in [1.29, 1.82) is 0 Å². The van der Waals surface area contributed by atoms with Gasteiger partial charge in [-0.2, -0.15) is 0 Å². The van der Waals surface area contributed by atoms with Gasteiger partial charge in [0.15, 0.2) is 0 Å². The van der Waals surface area contributed by atoms with Crippen molar-refractivity contribution in [2.75, 3.05) is 23.8 Å². The van der Waals surface area contributed by atoms with Gasteiger partial charge in [0.05, 0.1) is 12.1 Å². The van der Waals surface area contributed by atoms with Gasteiger partial charge in [-0.1, -0.05) is 42.5 Å². The SMILES string of the molecule is Cc1cc(Nc2ccc(CC[C@H]3COC(N)=N3)cc2)ccc1OC(F)(F)F.NC1=N[C@@H](CCc2ccc(Nc3ccccc3)cc2)CO1. The van der Waals surface area contributed by atoms with Crippen LogP contribution in [0.25, 0.3) is 0 Å². The molecular formula is C36H39F3N6O3. The van der Waals surface area contributed by atoms with Crippen LogP contribution >= 0.6 is 0 Å². The van der Waals surface area contributed by atoms with Crippen LogP contribution in [0, 0.1) is 6.92 Å². The Labute approximate surface area is 277 Å². The number of alkyl halides is 3. The van der Waals surface area contributed by atoms with Crippen molar-refractivity contribution in [3.63, 3.8) is 0 Å². The van der Waals surface area contributed by atoms with Crippen LogP contribution in [0.15, 0.2) is 107 Å². The number of halogens is 3. The number of hydrogen-bond acceptors (Lipinski definition) is 9. The molecule has 12 heteroatoms. The number of benzene rings is 4. The highest BCUT2D eigenvalue weighted by Crippen LogP contribution is 2.29. The monoisotopic (exact) mass is 660 g/mol. The Kier molecular flexibility index (Phi) is 11.3. The Morgan fingerprint density at radius 3 is 1.58 bits per heavy atom. The molecule has 2 aliphatic heterocycles. The lowest BCUT2D eigenvalue weighted by atomic mass is 10.1. The number of ether oxygens (including phenoxy) is 3. The van der Waals surface area contributed by atoms with Gasteiger partial charge in [0.1, 0.15) is 19.0 Å². The van der Waals surface area contributed by atoms with Gasteiger partial charge in [-0.15, -0.1) is 13.2 Å². The topological polar surface area (TPSA) is 129 Å². The number of para-hydroxylation sites is 1. The zero-order valence-corrected chi connectivity index (χ0v) is 26.5.